The van der Waals surface area contributed by atoms with E-state index in [2.05, 4.69) is 17.1 Å². The Morgan fingerprint density at radius 2 is 2.17 bits per heavy atom. The van der Waals surface area contributed by atoms with Gasteiger partial charge in [0.25, 0.3) is 0 Å². The molecule has 2 rings (SSSR count). The van der Waals surface area contributed by atoms with Crippen LogP contribution >= 0.6 is 11.8 Å². The number of methoxy groups -OCH3 is 1. The second-order valence-electron chi connectivity index (χ2n) is 4.22. The molecule has 0 aliphatic carbocycles. The summed E-state index contributed by atoms with van der Waals surface area (Å²) in [7, 11) is 1.73. The second kappa shape index (κ2) is 6.07. The van der Waals surface area contributed by atoms with Gasteiger partial charge in [-0.15, -0.1) is 11.8 Å². The van der Waals surface area contributed by atoms with E-state index in [-0.39, 0.29) is 0 Å². The van der Waals surface area contributed by atoms with Crippen LogP contribution in [-0.4, -0.2) is 24.5 Å². The molecular weight excluding hydrogens is 244 g/mol. The largest absolute Gasteiger partial charge is 0.398 e. The van der Waals surface area contributed by atoms with Crippen molar-refractivity contribution >= 4 is 28.2 Å². The highest BCUT2D eigenvalue weighted by Gasteiger charge is 2.05. The first kappa shape index (κ1) is 13.2. The van der Waals surface area contributed by atoms with Crippen molar-refractivity contribution in [3.05, 3.63) is 30.1 Å². The predicted molar refractivity (Wildman–Crippen MR) is 78.1 cm³/mol. The molecule has 0 bridgehead atoms. The molecule has 18 heavy (non-hydrogen) atoms. The van der Waals surface area contributed by atoms with E-state index in [0.717, 1.165) is 35.5 Å². The number of benzene rings is 1. The Labute approximate surface area is 112 Å². The molecule has 0 atom stereocenters. The van der Waals surface area contributed by atoms with E-state index in [0.29, 0.717) is 0 Å². The summed E-state index contributed by atoms with van der Waals surface area (Å²) in [5.41, 5.74) is 7.79. The van der Waals surface area contributed by atoms with Gasteiger partial charge in [-0.25, -0.2) is 0 Å². The van der Waals surface area contributed by atoms with Crippen LogP contribution in [0.2, 0.25) is 0 Å². The number of thioether (sulfide) groups is 1. The summed E-state index contributed by atoms with van der Waals surface area (Å²) < 4.78 is 5.06. The summed E-state index contributed by atoms with van der Waals surface area (Å²) in [4.78, 5) is 5.57. The van der Waals surface area contributed by atoms with E-state index < -0.39 is 0 Å². The number of nitrogen functional groups attached to an aromatic ring is 1. The summed E-state index contributed by atoms with van der Waals surface area (Å²) in [5.74, 6) is 1.05. The minimum atomic E-state index is 0.791. The Kier molecular flexibility index (Phi) is 4.44. The predicted octanol–water partition coefficient (Wildman–Crippen LogP) is 3.25. The van der Waals surface area contributed by atoms with Crippen molar-refractivity contribution in [2.75, 3.05) is 25.2 Å². The third kappa shape index (κ3) is 2.94. The topological polar surface area (TPSA) is 48.1 Å². The highest BCUT2D eigenvalue weighted by atomic mass is 32.2. The number of hydrogen-bond donors (Lipinski definition) is 1. The fourth-order valence-electron chi connectivity index (χ4n) is 1.85. The summed E-state index contributed by atoms with van der Waals surface area (Å²) >= 11 is 1.84. The number of hydrogen-bond acceptors (Lipinski definition) is 4. The maximum absolute atomic E-state index is 5.98. The van der Waals surface area contributed by atoms with Crippen molar-refractivity contribution in [1.82, 2.24) is 4.98 Å². The maximum atomic E-state index is 5.98. The Balaban J connectivity index is 2.27. The first-order valence-corrected chi connectivity index (χ1v) is 6.97. The molecule has 0 amide bonds. The van der Waals surface area contributed by atoms with Crippen LogP contribution in [0.3, 0.4) is 0 Å². The van der Waals surface area contributed by atoms with Crippen LogP contribution in [0.1, 0.15) is 12.1 Å². The van der Waals surface area contributed by atoms with Crippen LogP contribution in [0, 0.1) is 6.92 Å². The molecule has 1 aromatic heterocycles. The lowest BCUT2D eigenvalue weighted by atomic mass is 10.1. The number of pyridine rings is 1. The third-order valence-corrected chi connectivity index (χ3v) is 3.94. The molecule has 1 aromatic carbocycles. The van der Waals surface area contributed by atoms with Crippen molar-refractivity contribution in [2.45, 2.75) is 18.2 Å². The number of fused-ring (bicyclic) bond motifs is 1. The van der Waals surface area contributed by atoms with Gasteiger partial charge in [-0.1, -0.05) is 0 Å². The number of rotatable bonds is 5. The standard InChI is InChI=1S/C14H18N2OS/c1-10-8-11-12(9-16-10)13(15)4-5-14(11)18-7-3-6-17-2/h4-5,8-9H,3,6-7,15H2,1-2H3. The molecule has 0 saturated carbocycles. The highest BCUT2D eigenvalue weighted by molar-refractivity contribution is 7.99. The average molecular weight is 262 g/mol. The van der Waals surface area contributed by atoms with Crippen molar-refractivity contribution in [3.8, 4) is 0 Å². The molecule has 0 spiro atoms. The molecule has 3 nitrogen and oxygen atoms in total. The maximum Gasteiger partial charge on any atom is 0.0470 e. The minimum absolute atomic E-state index is 0.791. The van der Waals surface area contributed by atoms with Gasteiger partial charge in [-0.05, 0) is 31.5 Å². The van der Waals surface area contributed by atoms with E-state index >= 15 is 0 Å². The SMILES string of the molecule is COCCCSc1ccc(N)c2cnc(C)cc12. The van der Waals surface area contributed by atoms with Crippen LogP contribution in [0.4, 0.5) is 5.69 Å². The molecule has 1 heterocycles. The number of aryl methyl sites for hydroxylation is 1. The third-order valence-electron chi connectivity index (χ3n) is 2.78. The van der Waals surface area contributed by atoms with Crippen LogP contribution in [0.25, 0.3) is 10.8 Å². The number of aromatic nitrogens is 1. The van der Waals surface area contributed by atoms with Gasteiger partial charge in [-0.3, -0.25) is 4.98 Å². The zero-order chi connectivity index (χ0) is 13.0. The monoisotopic (exact) mass is 262 g/mol. The Hall–Kier alpha value is -1.26. The number of ether oxygens (including phenoxy) is 1. The van der Waals surface area contributed by atoms with E-state index in [4.69, 9.17) is 10.5 Å². The van der Waals surface area contributed by atoms with Crippen molar-refractivity contribution in [3.63, 3.8) is 0 Å². The van der Waals surface area contributed by atoms with Crippen molar-refractivity contribution in [1.29, 1.82) is 0 Å². The smallest absolute Gasteiger partial charge is 0.0470 e. The molecule has 96 valence electrons. The summed E-state index contributed by atoms with van der Waals surface area (Å²) in [6, 6.07) is 6.15. The van der Waals surface area contributed by atoms with Gasteiger partial charge in [-0.2, -0.15) is 0 Å². The molecule has 4 heteroatoms. The van der Waals surface area contributed by atoms with Gasteiger partial charge in [0.05, 0.1) is 0 Å². The lowest BCUT2D eigenvalue weighted by molar-refractivity contribution is 0.200. The summed E-state index contributed by atoms with van der Waals surface area (Å²) in [6.45, 7) is 2.81. The quantitative estimate of drug-likeness (QED) is 0.510. The Morgan fingerprint density at radius 3 is 2.94 bits per heavy atom. The van der Waals surface area contributed by atoms with Crippen molar-refractivity contribution in [2.24, 2.45) is 0 Å². The van der Waals surface area contributed by atoms with E-state index in [1.54, 1.807) is 7.11 Å². The van der Waals surface area contributed by atoms with E-state index in [9.17, 15) is 0 Å². The van der Waals surface area contributed by atoms with Gasteiger partial charge in [0.1, 0.15) is 0 Å². The van der Waals surface area contributed by atoms with Gasteiger partial charge < -0.3 is 10.5 Å². The van der Waals surface area contributed by atoms with Crippen molar-refractivity contribution < 1.29 is 4.74 Å². The number of nitrogens with zero attached hydrogens (tertiary/aromatic N) is 1. The van der Waals surface area contributed by atoms with Gasteiger partial charge in [0.15, 0.2) is 0 Å². The van der Waals surface area contributed by atoms with Gasteiger partial charge >= 0.3 is 0 Å². The highest BCUT2D eigenvalue weighted by Crippen LogP contribution is 2.31. The fraction of sp³-hybridized carbons (Fsp3) is 0.357. The fourth-order valence-corrected chi connectivity index (χ4v) is 2.82. The normalized spacial score (nSPS) is 11.0. The minimum Gasteiger partial charge on any atom is -0.398 e. The second-order valence-corrected chi connectivity index (χ2v) is 5.36. The Bertz CT molecular complexity index is 543. The zero-order valence-corrected chi connectivity index (χ0v) is 11.6. The molecule has 0 aliphatic heterocycles. The van der Waals surface area contributed by atoms with Crippen LogP contribution < -0.4 is 5.73 Å². The van der Waals surface area contributed by atoms with Gasteiger partial charge in [0, 0.05) is 52.7 Å². The average Bonchev–Trinajstić information content (AvgIpc) is 2.37. The molecule has 2 N–H and O–H groups in total. The molecule has 0 radical (unpaired) electrons. The molecule has 0 unspecified atom stereocenters. The number of anilines is 1. The molecule has 0 saturated heterocycles. The van der Waals surface area contributed by atoms with E-state index in [1.807, 2.05) is 30.9 Å². The van der Waals surface area contributed by atoms with Crippen LogP contribution in [0.15, 0.2) is 29.3 Å². The zero-order valence-electron chi connectivity index (χ0n) is 10.8. The summed E-state index contributed by atoms with van der Waals surface area (Å²) in [6.07, 6.45) is 2.91. The molecular formula is C14H18N2OS. The summed E-state index contributed by atoms with van der Waals surface area (Å²) in [5, 5.41) is 2.24. The Morgan fingerprint density at radius 1 is 1.33 bits per heavy atom. The lowest BCUT2D eigenvalue weighted by Crippen LogP contribution is -1.93. The van der Waals surface area contributed by atoms with Crippen LogP contribution in [0.5, 0.6) is 0 Å². The van der Waals surface area contributed by atoms with Gasteiger partial charge in [0.2, 0.25) is 0 Å². The van der Waals surface area contributed by atoms with Crippen LogP contribution in [-0.2, 0) is 4.74 Å². The first-order chi connectivity index (χ1) is 8.72. The molecule has 2 aromatic rings. The number of nitrogens with two attached hydrogens (primary N) is 1. The first-order valence-electron chi connectivity index (χ1n) is 5.99. The molecule has 0 aliphatic rings. The molecule has 0 fully saturated rings. The lowest BCUT2D eigenvalue weighted by Gasteiger charge is -2.09. The van der Waals surface area contributed by atoms with E-state index in [1.165, 1.54) is 10.3 Å².